The Hall–Kier alpha value is -0.940. The van der Waals surface area contributed by atoms with Crippen LogP contribution in [0.1, 0.15) is 31.5 Å². The molecular weight excluding hydrogens is 214 g/mol. The van der Waals surface area contributed by atoms with E-state index >= 15 is 0 Å². The second-order valence-electron chi connectivity index (χ2n) is 5.36. The highest BCUT2D eigenvalue weighted by molar-refractivity contribution is 4.96. The Labute approximate surface area is 102 Å². The molecule has 1 aromatic heterocycles. The van der Waals surface area contributed by atoms with E-state index in [2.05, 4.69) is 32.4 Å². The first kappa shape index (κ1) is 11.2. The van der Waals surface area contributed by atoms with Gasteiger partial charge < -0.3 is 10.2 Å². The molecule has 0 aromatic carbocycles. The lowest BCUT2D eigenvalue weighted by atomic mass is 9.98. The minimum atomic E-state index is 0.701. The summed E-state index contributed by atoms with van der Waals surface area (Å²) in [5, 5.41) is 10.4. The third-order valence-corrected chi connectivity index (χ3v) is 4.36. The number of hydrogen-bond donors (Lipinski definition) is 2. The fraction of sp³-hybridized carbons (Fsp3) is 0.833. The SMILES string of the molecule is CN1C2CCC1CC(NCCc1ncn[nH]1)C2. The molecule has 0 saturated carbocycles. The zero-order valence-electron chi connectivity index (χ0n) is 10.4. The van der Waals surface area contributed by atoms with E-state index in [4.69, 9.17) is 0 Å². The summed E-state index contributed by atoms with van der Waals surface area (Å²) in [7, 11) is 2.28. The molecule has 2 saturated heterocycles. The van der Waals surface area contributed by atoms with Crippen LogP contribution in [0, 0.1) is 0 Å². The molecule has 2 atom stereocenters. The van der Waals surface area contributed by atoms with Crippen molar-refractivity contribution in [2.75, 3.05) is 13.6 Å². The number of nitrogens with zero attached hydrogens (tertiary/aromatic N) is 3. The van der Waals surface area contributed by atoms with E-state index in [9.17, 15) is 0 Å². The fourth-order valence-electron chi connectivity index (χ4n) is 3.32. The summed E-state index contributed by atoms with van der Waals surface area (Å²) in [6.45, 7) is 1.00. The summed E-state index contributed by atoms with van der Waals surface area (Å²) in [6, 6.07) is 2.33. The molecule has 0 spiro atoms. The normalized spacial score (nSPS) is 33.1. The van der Waals surface area contributed by atoms with E-state index in [0.717, 1.165) is 30.9 Å². The largest absolute Gasteiger partial charge is 0.313 e. The van der Waals surface area contributed by atoms with Gasteiger partial charge in [-0.25, -0.2) is 4.98 Å². The zero-order chi connectivity index (χ0) is 11.7. The number of rotatable bonds is 4. The molecule has 5 nitrogen and oxygen atoms in total. The number of aromatic nitrogens is 3. The molecule has 2 aliphatic heterocycles. The summed E-state index contributed by atoms with van der Waals surface area (Å²) in [6.07, 6.45) is 7.92. The van der Waals surface area contributed by atoms with E-state index in [1.54, 1.807) is 6.33 Å². The molecule has 94 valence electrons. The average molecular weight is 235 g/mol. The van der Waals surface area contributed by atoms with Gasteiger partial charge in [-0.05, 0) is 32.7 Å². The molecule has 0 aliphatic carbocycles. The van der Waals surface area contributed by atoms with E-state index in [-0.39, 0.29) is 0 Å². The van der Waals surface area contributed by atoms with Crippen LogP contribution in [0.15, 0.2) is 6.33 Å². The van der Waals surface area contributed by atoms with E-state index in [0.29, 0.717) is 6.04 Å². The van der Waals surface area contributed by atoms with Gasteiger partial charge in [-0.3, -0.25) is 5.10 Å². The molecule has 5 heteroatoms. The van der Waals surface area contributed by atoms with Gasteiger partial charge in [-0.2, -0.15) is 5.10 Å². The Bertz CT molecular complexity index is 336. The molecule has 2 fully saturated rings. The maximum absolute atomic E-state index is 4.14. The predicted octanol–water partition coefficient (Wildman–Crippen LogP) is 0.562. The molecular formula is C12H21N5. The van der Waals surface area contributed by atoms with Crippen LogP contribution in [0.5, 0.6) is 0 Å². The number of piperidine rings is 1. The standard InChI is InChI=1S/C12H21N5/c1-17-10-2-3-11(17)7-9(6-10)13-5-4-12-14-8-15-16-12/h8-11,13H,2-7H2,1H3,(H,14,15,16). The number of aromatic amines is 1. The quantitative estimate of drug-likeness (QED) is 0.801. The second kappa shape index (κ2) is 4.74. The molecule has 3 rings (SSSR count). The second-order valence-corrected chi connectivity index (χ2v) is 5.36. The van der Waals surface area contributed by atoms with E-state index < -0.39 is 0 Å². The van der Waals surface area contributed by atoms with Gasteiger partial charge in [-0.1, -0.05) is 0 Å². The van der Waals surface area contributed by atoms with Gasteiger partial charge in [0.15, 0.2) is 0 Å². The van der Waals surface area contributed by atoms with E-state index in [1.165, 1.54) is 25.7 Å². The van der Waals surface area contributed by atoms with Gasteiger partial charge in [0.05, 0.1) is 0 Å². The Kier molecular flexibility index (Phi) is 3.11. The van der Waals surface area contributed by atoms with Crippen LogP contribution >= 0.6 is 0 Å². The topological polar surface area (TPSA) is 56.8 Å². The minimum Gasteiger partial charge on any atom is -0.313 e. The van der Waals surface area contributed by atoms with Crippen molar-refractivity contribution < 1.29 is 0 Å². The van der Waals surface area contributed by atoms with Crippen molar-refractivity contribution in [3.63, 3.8) is 0 Å². The molecule has 2 aliphatic rings. The van der Waals surface area contributed by atoms with E-state index in [1.807, 2.05) is 0 Å². The van der Waals surface area contributed by atoms with Crippen LogP contribution < -0.4 is 5.32 Å². The predicted molar refractivity (Wildman–Crippen MR) is 65.7 cm³/mol. The minimum absolute atomic E-state index is 0.701. The van der Waals surface area contributed by atoms with Crippen molar-refractivity contribution in [3.05, 3.63) is 12.2 Å². The van der Waals surface area contributed by atoms with Crippen molar-refractivity contribution in [3.8, 4) is 0 Å². The van der Waals surface area contributed by atoms with Crippen molar-refractivity contribution in [2.45, 2.75) is 50.2 Å². The van der Waals surface area contributed by atoms with Crippen LogP contribution in [0.2, 0.25) is 0 Å². The summed E-state index contributed by atoms with van der Waals surface area (Å²) >= 11 is 0. The Morgan fingerprint density at radius 2 is 2.18 bits per heavy atom. The van der Waals surface area contributed by atoms with Crippen LogP contribution in [-0.2, 0) is 6.42 Å². The molecule has 0 amide bonds. The maximum Gasteiger partial charge on any atom is 0.137 e. The molecule has 2 N–H and O–H groups in total. The maximum atomic E-state index is 4.14. The molecule has 1 aromatic rings. The first-order valence-corrected chi connectivity index (χ1v) is 6.62. The highest BCUT2D eigenvalue weighted by Crippen LogP contribution is 2.33. The van der Waals surface area contributed by atoms with Gasteiger partial charge in [0.1, 0.15) is 12.2 Å². The first-order valence-electron chi connectivity index (χ1n) is 6.62. The third-order valence-electron chi connectivity index (χ3n) is 4.36. The lowest BCUT2D eigenvalue weighted by molar-refractivity contribution is 0.149. The molecule has 2 unspecified atom stereocenters. The highest BCUT2D eigenvalue weighted by atomic mass is 15.2. The summed E-state index contributed by atoms with van der Waals surface area (Å²) in [5.74, 6) is 0.980. The van der Waals surface area contributed by atoms with Crippen molar-refractivity contribution >= 4 is 0 Å². The monoisotopic (exact) mass is 235 g/mol. The van der Waals surface area contributed by atoms with Gasteiger partial charge in [-0.15, -0.1) is 0 Å². The Morgan fingerprint density at radius 3 is 2.82 bits per heavy atom. The van der Waals surface area contributed by atoms with Crippen molar-refractivity contribution in [1.82, 2.24) is 25.4 Å². The fourth-order valence-corrected chi connectivity index (χ4v) is 3.32. The molecule has 0 radical (unpaired) electrons. The average Bonchev–Trinajstić information content (AvgIpc) is 2.87. The lowest BCUT2D eigenvalue weighted by Gasteiger charge is -2.36. The number of H-pyrrole nitrogens is 1. The van der Waals surface area contributed by atoms with Crippen LogP contribution in [0.3, 0.4) is 0 Å². The number of hydrogen-bond acceptors (Lipinski definition) is 4. The van der Waals surface area contributed by atoms with Crippen molar-refractivity contribution in [1.29, 1.82) is 0 Å². The van der Waals surface area contributed by atoms with Gasteiger partial charge in [0.2, 0.25) is 0 Å². The number of fused-ring (bicyclic) bond motifs is 2. The van der Waals surface area contributed by atoms with Crippen LogP contribution in [-0.4, -0.2) is 51.8 Å². The molecule has 3 heterocycles. The highest BCUT2D eigenvalue weighted by Gasteiger charge is 2.37. The smallest absolute Gasteiger partial charge is 0.137 e. The summed E-state index contributed by atoms with van der Waals surface area (Å²) in [5.41, 5.74) is 0. The van der Waals surface area contributed by atoms with Gasteiger partial charge in [0.25, 0.3) is 0 Å². The van der Waals surface area contributed by atoms with Crippen LogP contribution in [0.4, 0.5) is 0 Å². The Balaban J connectivity index is 1.44. The third kappa shape index (κ3) is 2.35. The Morgan fingerprint density at radius 1 is 1.41 bits per heavy atom. The first-order chi connectivity index (χ1) is 8.33. The van der Waals surface area contributed by atoms with Crippen molar-refractivity contribution in [2.24, 2.45) is 0 Å². The molecule has 2 bridgehead atoms. The van der Waals surface area contributed by atoms with Crippen LogP contribution in [0.25, 0.3) is 0 Å². The number of nitrogens with one attached hydrogen (secondary N) is 2. The summed E-state index contributed by atoms with van der Waals surface area (Å²) < 4.78 is 0. The van der Waals surface area contributed by atoms with Gasteiger partial charge >= 0.3 is 0 Å². The van der Waals surface area contributed by atoms with Gasteiger partial charge in [0, 0.05) is 31.1 Å². The zero-order valence-corrected chi connectivity index (χ0v) is 10.4. The lowest BCUT2D eigenvalue weighted by Crippen LogP contribution is -2.47. The molecule has 17 heavy (non-hydrogen) atoms. The summed E-state index contributed by atoms with van der Waals surface area (Å²) in [4.78, 5) is 6.72.